The summed E-state index contributed by atoms with van der Waals surface area (Å²) < 4.78 is 7.04. The van der Waals surface area contributed by atoms with Gasteiger partial charge < -0.3 is 9.73 Å². The van der Waals surface area contributed by atoms with Gasteiger partial charge in [-0.2, -0.15) is 5.10 Å². The molecular formula is C18H19N3O2. The van der Waals surface area contributed by atoms with Gasteiger partial charge in [-0.25, -0.2) is 4.68 Å². The van der Waals surface area contributed by atoms with Crippen molar-refractivity contribution in [1.29, 1.82) is 0 Å². The first-order valence-corrected chi connectivity index (χ1v) is 7.50. The average Bonchev–Trinajstić information content (AvgIpc) is 3.13. The Morgan fingerprint density at radius 3 is 2.74 bits per heavy atom. The normalized spacial score (nSPS) is 10.7. The Kier molecular flexibility index (Phi) is 4.02. The van der Waals surface area contributed by atoms with Crippen molar-refractivity contribution in [3.8, 4) is 5.69 Å². The fraction of sp³-hybridized carbons (Fsp3) is 0.222. The summed E-state index contributed by atoms with van der Waals surface area (Å²) in [6.45, 7) is 6.15. The molecule has 0 fully saturated rings. The van der Waals surface area contributed by atoms with Gasteiger partial charge in [0.25, 0.3) is 5.91 Å². The monoisotopic (exact) mass is 309 g/mol. The van der Waals surface area contributed by atoms with E-state index in [0.29, 0.717) is 17.8 Å². The van der Waals surface area contributed by atoms with Crippen LogP contribution in [0.1, 0.15) is 33.1 Å². The van der Waals surface area contributed by atoms with Crippen molar-refractivity contribution >= 4 is 5.91 Å². The highest BCUT2D eigenvalue weighted by atomic mass is 16.3. The molecule has 2 aromatic heterocycles. The fourth-order valence-corrected chi connectivity index (χ4v) is 2.65. The predicted octanol–water partition coefficient (Wildman–Crippen LogP) is 3.32. The summed E-state index contributed by atoms with van der Waals surface area (Å²) in [5, 5.41) is 7.39. The molecule has 0 spiro atoms. The van der Waals surface area contributed by atoms with Crippen LogP contribution in [0.15, 0.2) is 47.1 Å². The smallest absolute Gasteiger partial charge is 0.255 e. The topological polar surface area (TPSA) is 60.1 Å². The van der Waals surface area contributed by atoms with Gasteiger partial charge in [0, 0.05) is 0 Å². The summed E-state index contributed by atoms with van der Waals surface area (Å²) in [5.41, 5.74) is 4.25. The maximum Gasteiger partial charge on any atom is 0.255 e. The molecule has 118 valence electrons. The zero-order valence-electron chi connectivity index (χ0n) is 13.5. The molecule has 0 saturated heterocycles. The van der Waals surface area contributed by atoms with Gasteiger partial charge >= 0.3 is 0 Å². The lowest BCUT2D eigenvalue weighted by Gasteiger charge is -2.07. The van der Waals surface area contributed by atoms with Crippen molar-refractivity contribution in [2.45, 2.75) is 27.3 Å². The molecule has 1 aromatic carbocycles. The largest absolute Gasteiger partial charge is 0.467 e. The molecule has 0 atom stereocenters. The first kappa shape index (κ1) is 15.1. The lowest BCUT2D eigenvalue weighted by molar-refractivity contribution is 0.0947. The fourth-order valence-electron chi connectivity index (χ4n) is 2.65. The number of carbonyl (C=O) groups excluding carboxylic acids is 1. The molecule has 0 aliphatic rings. The van der Waals surface area contributed by atoms with Crippen LogP contribution in [0.3, 0.4) is 0 Å². The Morgan fingerprint density at radius 1 is 1.22 bits per heavy atom. The van der Waals surface area contributed by atoms with E-state index in [1.165, 1.54) is 0 Å². The number of hydrogen-bond donors (Lipinski definition) is 1. The van der Waals surface area contributed by atoms with E-state index in [2.05, 4.69) is 10.4 Å². The van der Waals surface area contributed by atoms with Gasteiger partial charge in [-0.3, -0.25) is 4.79 Å². The Labute approximate surface area is 134 Å². The van der Waals surface area contributed by atoms with E-state index < -0.39 is 0 Å². The van der Waals surface area contributed by atoms with Crippen molar-refractivity contribution in [3.05, 3.63) is 70.9 Å². The van der Waals surface area contributed by atoms with Crippen LogP contribution < -0.4 is 5.32 Å². The minimum absolute atomic E-state index is 0.143. The Bertz CT molecular complexity index is 832. The van der Waals surface area contributed by atoms with Gasteiger partial charge in [0.05, 0.1) is 35.4 Å². The molecule has 0 aliphatic heterocycles. The second-order valence-electron chi connectivity index (χ2n) is 5.56. The summed E-state index contributed by atoms with van der Waals surface area (Å²) in [6.07, 6.45) is 1.59. The predicted molar refractivity (Wildman–Crippen MR) is 87.7 cm³/mol. The molecule has 3 aromatic rings. The lowest BCUT2D eigenvalue weighted by Crippen LogP contribution is -2.23. The van der Waals surface area contributed by atoms with Gasteiger partial charge in [-0.1, -0.05) is 12.1 Å². The first-order valence-electron chi connectivity index (χ1n) is 7.50. The molecule has 5 heteroatoms. The lowest BCUT2D eigenvalue weighted by atomic mass is 10.1. The zero-order chi connectivity index (χ0) is 16.4. The number of aryl methyl sites for hydroxylation is 2. The SMILES string of the molecule is Cc1cccc(-n2nc(C)c(C(=O)NCc3ccco3)c2C)c1. The third-order valence-electron chi connectivity index (χ3n) is 3.77. The van der Waals surface area contributed by atoms with Crippen LogP contribution in [0, 0.1) is 20.8 Å². The minimum Gasteiger partial charge on any atom is -0.467 e. The quantitative estimate of drug-likeness (QED) is 0.804. The van der Waals surface area contributed by atoms with Crippen molar-refractivity contribution in [2.75, 3.05) is 0 Å². The number of hydrogen-bond acceptors (Lipinski definition) is 3. The van der Waals surface area contributed by atoms with Crippen molar-refractivity contribution in [3.63, 3.8) is 0 Å². The summed E-state index contributed by atoms with van der Waals surface area (Å²) in [7, 11) is 0. The molecule has 0 radical (unpaired) electrons. The number of rotatable bonds is 4. The summed E-state index contributed by atoms with van der Waals surface area (Å²) in [4.78, 5) is 12.5. The highest BCUT2D eigenvalue weighted by Crippen LogP contribution is 2.18. The van der Waals surface area contributed by atoms with Gasteiger partial charge in [0.2, 0.25) is 0 Å². The molecule has 23 heavy (non-hydrogen) atoms. The molecule has 2 heterocycles. The van der Waals surface area contributed by atoms with Gasteiger partial charge in [-0.15, -0.1) is 0 Å². The van der Waals surface area contributed by atoms with E-state index in [0.717, 1.165) is 22.7 Å². The summed E-state index contributed by atoms with van der Waals surface area (Å²) in [6, 6.07) is 11.7. The first-order chi connectivity index (χ1) is 11.1. The molecule has 1 amide bonds. The van der Waals surface area contributed by atoms with E-state index in [9.17, 15) is 4.79 Å². The summed E-state index contributed by atoms with van der Waals surface area (Å²) in [5.74, 6) is 0.579. The van der Waals surface area contributed by atoms with Crippen molar-refractivity contribution in [1.82, 2.24) is 15.1 Å². The van der Waals surface area contributed by atoms with Crippen LogP contribution in [-0.2, 0) is 6.54 Å². The van der Waals surface area contributed by atoms with Crippen molar-refractivity contribution < 1.29 is 9.21 Å². The third kappa shape index (κ3) is 3.04. The average molecular weight is 309 g/mol. The van der Waals surface area contributed by atoms with Crippen LogP contribution in [-0.4, -0.2) is 15.7 Å². The van der Waals surface area contributed by atoms with Crippen LogP contribution in [0.5, 0.6) is 0 Å². The Hall–Kier alpha value is -2.82. The molecule has 0 bridgehead atoms. The molecule has 5 nitrogen and oxygen atoms in total. The second kappa shape index (κ2) is 6.12. The maximum absolute atomic E-state index is 12.5. The molecular weight excluding hydrogens is 290 g/mol. The number of carbonyl (C=O) groups is 1. The van der Waals surface area contributed by atoms with Gasteiger partial charge in [0.1, 0.15) is 5.76 Å². The van der Waals surface area contributed by atoms with Gasteiger partial charge in [0.15, 0.2) is 0 Å². The number of benzene rings is 1. The highest BCUT2D eigenvalue weighted by molar-refractivity contribution is 5.96. The Morgan fingerprint density at radius 2 is 2.04 bits per heavy atom. The van der Waals surface area contributed by atoms with E-state index in [4.69, 9.17) is 4.42 Å². The van der Waals surface area contributed by atoms with E-state index in [1.54, 1.807) is 12.3 Å². The number of furan rings is 1. The van der Waals surface area contributed by atoms with Crippen LogP contribution in [0.4, 0.5) is 0 Å². The molecule has 0 aliphatic carbocycles. The number of nitrogens with zero attached hydrogens (tertiary/aromatic N) is 2. The van der Waals surface area contributed by atoms with Crippen molar-refractivity contribution in [2.24, 2.45) is 0 Å². The molecule has 3 rings (SSSR count). The third-order valence-corrected chi connectivity index (χ3v) is 3.77. The van der Waals surface area contributed by atoms with Crippen LogP contribution >= 0.6 is 0 Å². The van der Waals surface area contributed by atoms with Crippen LogP contribution in [0.25, 0.3) is 5.69 Å². The van der Waals surface area contributed by atoms with Gasteiger partial charge in [-0.05, 0) is 50.6 Å². The standard InChI is InChI=1S/C18H19N3O2/c1-12-6-4-7-15(10-12)21-14(3)17(13(2)20-21)18(22)19-11-16-8-5-9-23-16/h4-10H,11H2,1-3H3,(H,19,22). The van der Waals surface area contributed by atoms with Crippen LogP contribution in [0.2, 0.25) is 0 Å². The number of nitrogens with one attached hydrogen (secondary N) is 1. The number of amides is 1. The Balaban J connectivity index is 1.87. The van der Waals surface area contributed by atoms with E-state index >= 15 is 0 Å². The van der Waals surface area contributed by atoms with E-state index in [-0.39, 0.29) is 5.91 Å². The zero-order valence-corrected chi connectivity index (χ0v) is 13.5. The highest BCUT2D eigenvalue weighted by Gasteiger charge is 2.19. The summed E-state index contributed by atoms with van der Waals surface area (Å²) >= 11 is 0. The van der Waals surface area contributed by atoms with E-state index in [1.807, 2.05) is 55.8 Å². The molecule has 0 saturated carbocycles. The molecule has 0 unspecified atom stereocenters. The minimum atomic E-state index is -0.143. The maximum atomic E-state index is 12.5. The number of aromatic nitrogens is 2. The second-order valence-corrected chi connectivity index (χ2v) is 5.56. The molecule has 1 N–H and O–H groups in total.